The van der Waals surface area contributed by atoms with Gasteiger partial charge in [-0.1, -0.05) is 83.9 Å². The lowest BCUT2D eigenvalue weighted by Crippen LogP contribution is -2.52. The van der Waals surface area contributed by atoms with Gasteiger partial charge in [-0.15, -0.1) is 11.8 Å². The summed E-state index contributed by atoms with van der Waals surface area (Å²) in [6.07, 6.45) is 0.385. The average molecular weight is 544 g/mol. The summed E-state index contributed by atoms with van der Waals surface area (Å²) in [4.78, 5) is 28.8. The highest BCUT2D eigenvalue weighted by Gasteiger charge is 2.31. The fraction of sp³-hybridized carbons (Fsp3) is 0.310. The van der Waals surface area contributed by atoms with Crippen LogP contribution >= 0.6 is 35.0 Å². The Hall–Kier alpha value is -2.47. The SMILES string of the molecule is Cc1ccccc1CSCC(=O)N(Cc1c(Cl)cccc1Cl)C(Cc1ccccc1)C(=O)NC(C)C. The summed E-state index contributed by atoms with van der Waals surface area (Å²) in [6, 6.07) is 22.4. The maximum Gasteiger partial charge on any atom is 0.243 e. The van der Waals surface area contributed by atoms with Crippen molar-refractivity contribution in [2.75, 3.05) is 5.75 Å². The van der Waals surface area contributed by atoms with E-state index in [1.807, 2.05) is 56.3 Å². The summed E-state index contributed by atoms with van der Waals surface area (Å²) in [6.45, 7) is 6.03. The van der Waals surface area contributed by atoms with Crippen molar-refractivity contribution in [1.82, 2.24) is 10.2 Å². The summed E-state index contributed by atoms with van der Waals surface area (Å²) in [5, 5.41) is 3.93. The molecule has 190 valence electrons. The fourth-order valence-electron chi connectivity index (χ4n) is 3.89. The van der Waals surface area contributed by atoms with Gasteiger partial charge in [0.15, 0.2) is 0 Å². The van der Waals surface area contributed by atoms with Gasteiger partial charge >= 0.3 is 0 Å². The van der Waals surface area contributed by atoms with E-state index in [1.54, 1.807) is 23.1 Å². The van der Waals surface area contributed by atoms with Crippen molar-refractivity contribution >= 4 is 46.8 Å². The lowest BCUT2D eigenvalue weighted by atomic mass is 10.0. The summed E-state index contributed by atoms with van der Waals surface area (Å²) >= 11 is 14.5. The van der Waals surface area contributed by atoms with Gasteiger partial charge in [0.05, 0.1) is 5.75 Å². The molecule has 0 aliphatic heterocycles. The molecular weight excluding hydrogens is 511 g/mol. The minimum Gasteiger partial charge on any atom is -0.352 e. The summed E-state index contributed by atoms with van der Waals surface area (Å²) in [5.41, 5.74) is 3.98. The summed E-state index contributed by atoms with van der Waals surface area (Å²) in [5.74, 6) is 0.607. The second kappa shape index (κ2) is 13.7. The molecule has 1 atom stereocenters. The number of carbonyl (C=O) groups excluding carboxylic acids is 2. The fourth-order valence-corrected chi connectivity index (χ4v) is 5.39. The Morgan fingerprint density at radius 1 is 0.917 bits per heavy atom. The van der Waals surface area contributed by atoms with E-state index in [-0.39, 0.29) is 30.2 Å². The van der Waals surface area contributed by atoms with Crippen LogP contribution in [0, 0.1) is 6.92 Å². The molecule has 3 aromatic carbocycles. The molecule has 0 aliphatic carbocycles. The van der Waals surface area contributed by atoms with Crippen LogP contribution in [0.4, 0.5) is 0 Å². The van der Waals surface area contributed by atoms with Gasteiger partial charge in [-0.3, -0.25) is 9.59 Å². The summed E-state index contributed by atoms with van der Waals surface area (Å²) in [7, 11) is 0. The van der Waals surface area contributed by atoms with Gasteiger partial charge in [0.25, 0.3) is 0 Å². The smallest absolute Gasteiger partial charge is 0.243 e. The van der Waals surface area contributed by atoms with Crippen molar-refractivity contribution in [3.63, 3.8) is 0 Å². The molecular formula is C29H32Cl2N2O2S. The molecule has 3 aromatic rings. The molecule has 36 heavy (non-hydrogen) atoms. The number of aryl methyl sites for hydroxylation is 1. The molecule has 1 unspecified atom stereocenters. The van der Waals surface area contributed by atoms with Crippen LogP contribution in [-0.2, 0) is 28.3 Å². The Morgan fingerprint density at radius 3 is 2.19 bits per heavy atom. The normalized spacial score (nSPS) is 11.8. The number of carbonyl (C=O) groups is 2. The number of nitrogens with zero attached hydrogens (tertiary/aromatic N) is 1. The van der Waals surface area contributed by atoms with Crippen LogP contribution in [0.5, 0.6) is 0 Å². The van der Waals surface area contributed by atoms with Crippen molar-refractivity contribution in [2.45, 2.75) is 51.6 Å². The lowest BCUT2D eigenvalue weighted by molar-refractivity contribution is -0.139. The molecule has 2 amide bonds. The number of rotatable bonds is 11. The molecule has 0 saturated carbocycles. The van der Waals surface area contributed by atoms with E-state index in [4.69, 9.17) is 23.2 Å². The zero-order valence-electron chi connectivity index (χ0n) is 20.8. The Bertz CT molecular complexity index is 1150. The van der Waals surface area contributed by atoms with Crippen molar-refractivity contribution < 1.29 is 9.59 Å². The highest BCUT2D eigenvalue weighted by Crippen LogP contribution is 2.28. The van der Waals surface area contributed by atoms with Crippen molar-refractivity contribution in [1.29, 1.82) is 0 Å². The Kier molecular flexibility index (Phi) is 10.7. The first-order valence-electron chi connectivity index (χ1n) is 11.9. The zero-order chi connectivity index (χ0) is 26.1. The van der Waals surface area contributed by atoms with E-state index in [1.165, 1.54) is 22.9 Å². The van der Waals surface area contributed by atoms with Crippen LogP contribution in [0.15, 0.2) is 72.8 Å². The Labute approximate surface area is 228 Å². The van der Waals surface area contributed by atoms with Crippen LogP contribution in [0.3, 0.4) is 0 Å². The number of hydrogen-bond donors (Lipinski definition) is 1. The number of benzene rings is 3. The third kappa shape index (κ3) is 8.02. The molecule has 4 nitrogen and oxygen atoms in total. The lowest BCUT2D eigenvalue weighted by Gasteiger charge is -2.32. The molecule has 0 aliphatic rings. The van der Waals surface area contributed by atoms with E-state index < -0.39 is 6.04 Å². The molecule has 0 spiro atoms. The standard InChI is InChI=1S/C29H32Cl2N2O2S/c1-20(2)32-29(35)27(16-22-11-5-4-6-12-22)33(17-24-25(30)14-9-15-26(24)31)28(34)19-36-18-23-13-8-7-10-21(23)3/h4-15,20,27H,16-19H2,1-3H3,(H,32,35). The van der Waals surface area contributed by atoms with Crippen LogP contribution in [0.25, 0.3) is 0 Å². The molecule has 0 fully saturated rings. The van der Waals surface area contributed by atoms with E-state index in [9.17, 15) is 9.59 Å². The molecule has 0 heterocycles. The quantitative estimate of drug-likeness (QED) is 0.293. The van der Waals surface area contributed by atoms with Gasteiger partial charge in [0.2, 0.25) is 11.8 Å². The van der Waals surface area contributed by atoms with Crippen LogP contribution in [-0.4, -0.2) is 34.6 Å². The zero-order valence-corrected chi connectivity index (χ0v) is 23.2. The van der Waals surface area contributed by atoms with Gasteiger partial charge in [-0.25, -0.2) is 0 Å². The highest BCUT2D eigenvalue weighted by molar-refractivity contribution is 7.99. The number of amides is 2. The molecule has 0 bridgehead atoms. The Balaban J connectivity index is 1.90. The average Bonchev–Trinajstić information content (AvgIpc) is 2.84. The topological polar surface area (TPSA) is 49.4 Å². The highest BCUT2D eigenvalue weighted by atomic mass is 35.5. The van der Waals surface area contributed by atoms with Gasteiger partial charge in [0.1, 0.15) is 6.04 Å². The number of nitrogens with one attached hydrogen (secondary N) is 1. The molecule has 0 radical (unpaired) electrons. The van der Waals surface area contributed by atoms with E-state index in [0.29, 0.717) is 27.8 Å². The van der Waals surface area contributed by atoms with Gasteiger partial charge in [0, 0.05) is 40.4 Å². The van der Waals surface area contributed by atoms with Gasteiger partial charge in [-0.05, 0) is 49.6 Å². The number of thioether (sulfide) groups is 1. The van der Waals surface area contributed by atoms with E-state index in [2.05, 4.69) is 24.4 Å². The first-order valence-corrected chi connectivity index (χ1v) is 13.9. The number of halogens is 2. The van der Waals surface area contributed by atoms with Crippen LogP contribution in [0.2, 0.25) is 10.0 Å². The van der Waals surface area contributed by atoms with Crippen LogP contribution < -0.4 is 5.32 Å². The van der Waals surface area contributed by atoms with Crippen molar-refractivity contribution in [3.05, 3.63) is 105 Å². The van der Waals surface area contributed by atoms with Crippen molar-refractivity contribution in [2.24, 2.45) is 0 Å². The molecule has 0 aromatic heterocycles. The Morgan fingerprint density at radius 2 is 1.56 bits per heavy atom. The first-order chi connectivity index (χ1) is 17.3. The first kappa shape index (κ1) is 28.1. The third-order valence-electron chi connectivity index (χ3n) is 5.84. The molecule has 3 rings (SSSR count). The minimum absolute atomic E-state index is 0.0629. The second-order valence-corrected chi connectivity index (χ2v) is 10.8. The molecule has 0 saturated heterocycles. The predicted molar refractivity (Wildman–Crippen MR) is 152 cm³/mol. The monoisotopic (exact) mass is 542 g/mol. The third-order valence-corrected chi connectivity index (χ3v) is 7.51. The summed E-state index contributed by atoms with van der Waals surface area (Å²) < 4.78 is 0. The predicted octanol–water partition coefficient (Wildman–Crippen LogP) is 6.70. The van der Waals surface area contributed by atoms with E-state index >= 15 is 0 Å². The van der Waals surface area contributed by atoms with Gasteiger partial charge in [-0.2, -0.15) is 0 Å². The van der Waals surface area contributed by atoms with Crippen molar-refractivity contribution in [3.8, 4) is 0 Å². The van der Waals surface area contributed by atoms with E-state index in [0.717, 1.165) is 5.56 Å². The second-order valence-electron chi connectivity index (χ2n) is 9.01. The maximum atomic E-state index is 13.7. The largest absolute Gasteiger partial charge is 0.352 e. The molecule has 7 heteroatoms. The maximum absolute atomic E-state index is 13.7. The van der Waals surface area contributed by atoms with Crippen LogP contribution in [0.1, 0.15) is 36.1 Å². The minimum atomic E-state index is -0.714. The molecule has 1 N–H and O–H groups in total. The number of hydrogen-bond acceptors (Lipinski definition) is 3. The van der Waals surface area contributed by atoms with Gasteiger partial charge < -0.3 is 10.2 Å².